The number of hydrogen-bond acceptors (Lipinski definition) is 4. The van der Waals surface area contributed by atoms with Gasteiger partial charge in [-0.25, -0.2) is 9.59 Å². The quantitative estimate of drug-likeness (QED) is 0.619. The van der Waals surface area contributed by atoms with Crippen molar-refractivity contribution < 1.29 is 24.2 Å². The summed E-state index contributed by atoms with van der Waals surface area (Å²) in [5, 5.41) is 14.1. The Bertz CT molecular complexity index is 897. The molecule has 0 heterocycles. The van der Waals surface area contributed by atoms with E-state index >= 15 is 0 Å². The number of carboxylic acid groups (broad SMARTS) is 1. The smallest absolute Gasteiger partial charge is 0.407 e. The Morgan fingerprint density at radius 3 is 2.10 bits per heavy atom. The van der Waals surface area contributed by atoms with Crippen molar-refractivity contribution in [2.75, 3.05) is 6.61 Å². The van der Waals surface area contributed by atoms with Gasteiger partial charge < -0.3 is 20.5 Å². The highest BCUT2D eigenvalue weighted by molar-refractivity contribution is 5.89. The predicted molar refractivity (Wildman–Crippen MR) is 112 cm³/mol. The van der Waals surface area contributed by atoms with E-state index < -0.39 is 30.1 Å². The molecule has 2 aromatic rings. The maximum atomic E-state index is 12.3. The van der Waals surface area contributed by atoms with Crippen LogP contribution in [0.2, 0.25) is 0 Å². The van der Waals surface area contributed by atoms with Crippen molar-refractivity contribution in [2.24, 2.45) is 0 Å². The maximum Gasteiger partial charge on any atom is 0.407 e. The summed E-state index contributed by atoms with van der Waals surface area (Å²) in [4.78, 5) is 35.7. The van der Waals surface area contributed by atoms with Crippen LogP contribution in [0.15, 0.2) is 48.5 Å². The molecule has 0 saturated heterocycles. The lowest BCUT2D eigenvalue weighted by Gasteiger charge is -2.19. The monoisotopic (exact) mass is 410 g/mol. The SMILES string of the molecule is CCCC(NC(=O)[C@H](C)NC(=O)OCC1c2ccccc2-c2ccccc21)C(=O)O. The number of amides is 2. The van der Waals surface area contributed by atoms with E-state index in [-0.39, 0.29) is 12.5 Å². The lowest BCUT2D eigenvalue weighted by atomic mass is 9.98. The molecular formula is C23H26N2O5. The fraction of sp³-hybridized carbons (Fsp3) is 0.348. The van der Waals surface area contributed by atoms with Crippen molar-refractivity contribution >= 4 is 18.0 Å². The van der Waals surface area contributed by atoms with Crippen LogP contribution < -0.4 is 10.6 Å². The maximum absolute atomic E-state index is 12.3. The highest BCUT2D eigenvalue weighted by atomic mass is 16.5. The molecule has 30 heavy (non-hydrogen) atoms. The Balaban J connectivity index is 1.58. The summed E-state index contributed by atoms with van der Waals surface area (Å²) < 4.78 is 5.41. The average Bonchev–Trinajstić information content (AvgIpc) is 3.05. The zero-order valence-electron chi connectivity index (χ0n) is 17.1. The molecule has 2 atom stereocenters. The molecule has 1 aliphatic rings. The fourth-order valence-corrected chi connectivity index (χ4v) is 3.73. The largest absolute Gasteiger partial charge is 0.480 e. The van der Waals surface area contributed by atoms with E-state index in [1.807, 2.05) is 43.3 Å². The number of aliphatic carboxylic acids is 1. The lowest BCUT2D eigenvalue weighted by molar-refractivity contribution is -0.142. The molecule has 3 N–H and O–H groups in total. The van der Waals surface area contributed by atoms with Crippen LogP contribution in [0.4, 0.5) is 4.79 Å². The molecule has 0 spiro atoms. The molecule has 158 valence electrons. The standard InChI is InChI=1S/C23H26N2O5/c1-3-8-20(22(27)28)25-21(26)14(2)24-23(29)30-13-19-17-11-6-4-9-15(17)16-10-5-7-12-18(16)19/h4-7,9-12,14,19-20H,3,8,13H2,1-2H3,(H,24,29)(H,25,26)(H,27,28)/t14-,20?/m0/s1. The number of carbonyl (C=O) groups excluding carboxylic acids is 2. The highest BCUT2D eigenvalue weighted by Crippen LogP contribution is 2.44. The highest BCUT2D eigenvalue weighted by Gasteiger charge is 2.29. The summed E-state index contributed by atoms with van der Waals surface area (Å²) in [7, 11) is 0. The first-order valence-electron chi connectivity index (χ1n) is 10.1. The molecule has 3 rings (SSSR count). The van der Waals surface area contributed by atoms with E-state index in [0.29, 0.717) is 12.8 Å². The molecule has 7 heteroatoms. The summed E-state index contributed by atoms with van der Waals surface area (Å²) in [5.41, 5.74) is 4.46. The van der Waals surface area contributed by atoms with E-state index in [1.165, 1.54) is 6.92 Å². The predicted octanol–water partition coefficient (Wildman–Crippen LogP) is 3.28. The van der Waals surface area contributed by atoms with E-state index in [9.17, 15) is 14.4 Å². The van der Waals surface area contributed by atoms with Crippen molar-refractivity contribution in [3.8, 4) is 11.1 Å². The molecule has 1 aliphatic carbocycles. The van der Waals surface area contributed by atoms with E-state index in [0.717, 1.165) is 22.3 Å². The second-order valence-corrected chi connectivity index (χ2v) is 7.38. The van der Waals surface area contributed by atoms with Crippen LogP contribution in [0.1, 0.15) is 43.7 Å². The lowest BCUT2D eigenvalue weighted by Crippen LogP contribution is -2.50. The van der Waals surface area contributed by atoms with Gasteiger partial charge in [0, 0.05) is 5.92 Å². The Morgan fingerprint density at radius 2 is 1.57 bits per heavy atom. The summed E-state index contributed by atoms with van der Waals surface area (Å²) in [6.45, 7) is 3.46. The second kappa shape index (κ2) is 9.43. The first kappa shape index (κ1) is 21.4. The molecule has 2 aromatic carbocycles. The number of rotatable bonds is 8. The Labute approximate surface area is 175 Å². The number of alkyl carbamates (subject to hydrolysis) is 1. The summed E-state index contributed by atoms with van der Waals surface area (Å²) in [5.74, 6) is -1.74. The molecule has 0 aromatic heterocycles. The van der Waals surface area contributed by atoms with Gasteiger partial charge in [0.25, 0.3) is 0 Å². The van der Waals surface area contributed by atoms with E-state index in [4.69, 9.17) is 9.84 Å². The summed E-state index contributed by atoms with van der Waals surface area (Å²) >= 11 is 0. The van der Waals surface area contributed by atoms with Gasteiger partial charge in [0.2, 0.25) is 5.91 Å². The Morgan fingerprint density at radius 1 is 1.00 bits per heavy atom. The normalized spacial score (nSPS) is 14.2. The third kappa shape index (κ3) is 4.62. The minimum Gasteiger partial charge on any atom is -0.480 e. The van der Waals surface area contributed by atoms with Crippen LogP contribution in [0.3, 0.4) is 0 Å². The summed E-state index contributed by atoms with van der Waals surface area (Å²) in [6, 6.07) is 14.1. The van der Waals surface area contributed by atoms with Gasteiger partial charge in [0.1, 0.15) is 18.7 Å². The van der Waals surface area contributed by atoms with Crippen LogP contribution >= 0.6 is 0 Å². The molecule has 2 amide bonds. The number of nitrogens with one attached hydrogen (secondary N) is 2. The number of carbonyl (C=O) groups is 3. The number of ether oxygens (including phenoxy) is 1. The van der Waals surface area contributed by atoms with Crippen molar-refractivity contribution in [3.63, 3.8) is 0 Å². The van der Waals surface area contributed by atoms with Crippen LogP contribution in [0.25, 0.3) is 11.1 Å². The second-order valence-electron chi connectivity index (χ2n) is 7.38. The molecule has 0 fully saturated rings. The van der Waals surface area contributed by atoms with Gasteiger partial charge in [-0.3, -0.25) is 4.79 Å². The molecule has 0 radical (unpaired) electrons. The van der Waals surface area contributed by atoms with Gasteiger partial charge in [0.15, 0.2) is 0 Å². The van der Waals surface area contributed by atoms with Gasteiger partial charge in [-0.1, -0.05) is 61.9 Å². The number of hydrogen-bond donors (Lipinski definition) is 3. The molecule has 7 nitrogen and oxygen atoms in total. The van der Waals surface area contributed by atoms with Crippen molar-refractivity contribution in [1.29, 1.82) is 0 Å². The first-order valence-corrected chi connectivity index (χ1v) is 10.1. The van der Waals surface area contributed by atoms with Crippen LogP contribution in [-0.4, -0.2) is 41.8 Å². The van der Waals surface area contributed by atoms with Gasteiger partial charge in [-0.15, -0.1) is 0 Å². The van der Waals surface area contributed by atoms with Gasteiger partial charge in [-0.2, -0.15) is 0 Å². The molecule has 0 bridgehead atoms. The van der Waals surface area contributed by atoms with E-state index in [1.54, 1.807) is 0 Å². The van der Waals surface area contributed by atoms with Gasteiger partial charge >= 0.3 is 12.1 Å². The minimum atomic E-state index is -1.10. The fourth-order valence-electron chi connectivity index (χ4n) is 3.73. The topological polar surface area (TPSA) is 105 Å². The molecule has 0 saturated carbocycles. The first-order chi connectivity index (χ1) is 14.4. The van der Waals surface area contributed by atoms with Crippen LogP contribution in [0.5, 0.6) is 0 Å². The molecule has 1 unspecified atom stereocenters. The van der Waals surface area contributed by atoms with E-state index in [2.05, 4.69) is 22.8 Å². The van der Waals surface area contributed by atoms with Crippen molar-refractivity contribution in [3.05, 3.63) is 59.7 Å². The van der Waals surface area contributed by atoms with Gasteiger partial charge in [-0.05, 0) is 35.6 Å². The number of fused-ring (bicyclic) bond motifs is 3. The van der Waals surface area contributed by atoms with Crippen molar-refractivity contribution in [2.45, 2.75) is 44.7 Å². The minimum absolute atomic E-state index is 0.0757. The number of carboxylic acids is 1. The zero-order valence-corrected chi connectivity index (χ0v) is 17.1. The Hall–Kier alpha value is -3.35. The van der Waals surface area contributed by atoms with Crippen LogP contribution in [0, 0.1) is 0 Å². The Kier molecular flexibility index (Phi) is 6.72. The average molecular weight is 410 g/mol. The van der Waals surface area contributed by atoms with Crippen LogP contribution in [-0.2, 0) is 14.3 Å². The third-order valence-corrected chi connectivity index (χ3v) is 5.26. The van der Waals surface area contributed by atoms with Crippen molar-refractivity contribution in [1.82, 2.24) is 10.6 Å². The van der Waals surface area contributed by atoms with Gasteiger partial charge in [0.05, 0.1) is 0 Å². The summed E-state index contributed by atoms with van der Waals surface area (Å²) in [6.07, 6.45) is 0.214. The zero-order chi connectivity index (χ0) is 21.7. The third-order valence-electron chi connectivity index (χ3n) is 5.26. The number of benzene rings is 2. The molecular weight excluding hydrogens is 384 g/mol. The molecule has 0 aliphatic heterocycles.